The Morgan fingerprint density at radius 1 is 0.305 bits per heavy atom. The predicted molar refractivity (Wildman–Crippen MR) is 248 cm³/mol. The molecule has 0 amide bonds. The Kier molecular flexibility index (Phi) is 7.54. The molecule has 0 bridgehead atoms. The van der Waals surface area contributed by atoms with Crippen LogP contribution in [0.2, 0.25) is 0 Å². The monoisotopic (exact) mass is 749 g/mol. The number of benzene rings is 10. The van der Waals surface area contributed by atoms with Crippen LogP contribution in [0.3, 0.4) is 0 Å². The second-order valence-electron chi connectivity index (χ2n) is 15.4. The number of hydrogen-bond donors (Lipinski definition) is 0. The van der Waals surface area contributed by atoms with Crippen molar-refractivity contribution in [3.8, 4) is 50.3 Å². The van der Waals surface area contributed by atoms with Crippen molar-refractivity contribution in [2.24, 2.45) is 0 Å². The van der Waals surface area contributed by atoms with Gasteiger partial charge in [-0.25, -0.2) is 4.98 Å². The molecule has 12 rings (SSSR count). The van der Waals surface area contributed by atoms with Crippen molar-refractivity contribution in [3.63, 3.8) is 0 Å². The second kappa shape index (κ2) is 13.4. The minimum Gasteiger partial charge on any atom is -0.309 e. The van der Waals surface area contributed by atoms with E-state index in [0.29, 0.717) is 0 Å². The molecule has 0 saturated heterocycles. The molecular weight excluding hydrogens is 715 g/mol. The van der Waals surface area contributed by atoms with Gasteiger partial charge in [0.05, 0.1) is 34.0 Å². The van der Waals surface area contributed by atoms with Gasteiger partial charge in [-0.1, -0.05) is 158 Å². The van der Waals surface area contributed by atoms with E-state index in [9.17, 15) is 0 Å². The number of rotatable bonds is 5. The van der Waals surface area contributed by atoms with Crippen LogP contribution in [-0.4, -0.2) is 14.5 Å². The van der Waals surface area contributed by atoms with Gasteiger partial charge in [0.25, 0.3) is 0 Å². The van der Waals surface area contributed by atoms with Gasteiger partial charge in [0.15, 0.2) is 0 Å². The van der Waals surface area contributed by atoms with E-state index >= 15 is 0 Å². The van der Waals surface area contributed by atoms with Gasteiger partial charge in [0.1, 0.15) is 0 Å². The number of para-hydroxylation sites is 2. The van der Waals surface area contributed by atoms with Crippen molar-refractivity contribution >= 4 is 65.2 Å². The van der Waals surface area contributed by atoms with Gasteiger partial charge in [-0.15, -0.1) is 0 Å². The molecule has 0 saturated carbocycles. The molecule has 3 nitrogen and oxygen atoms in total. The number of aromatic nitrogens is 3. The summed E-state index contributed by atoms with van der Waals surface area (Å²) >= 11 is 0. The maximum atomic E-state index is 5.24. The summed E-state index contributed by atoms with van der Waals surface area (Å²) in [6.07, 6.45) is 1.92. The largest absolute Gasteiger partial charge is 0.309 e. The third kappa shape index (κ3) is 5.51. The summed E-state index contributed by atoms with van der Waals surface area (Å²) in [6.45, 7) is 0. The Bertz CT molecular complexity index is 3570. The molecule has 12 aromatic rings. The van der Waals surface area contributed by atoms with E-state index in [0.717, 1.165) is 38.6 Å². The molecule has 3 heteroatoms. The molecule has 2 aromatic heterocycles. The smallest absolute Gasteiger partial charge is 0.0979 e. The first kappa shape index (κ1) is 33.3. The van der Waals surface area contributed by atoms with E-state index in [2.05, 4.69) is 211 Å². The van der Waals surface area contributed by atoms with E-state index < -0.39 is 0 Å². The molecule has 2 heterocycles. The van der Waals surface area contributed by atoms with Gasteiger partial charge in [-0.05, 0) is 103 Å². The highest BCUT2D eigenvalue weighted by atomic mass is 15.0. The van der Waals surface area contributed by atoms with E-state index in [-0.39, 0.29) is 0 Å². The molecule has 0 N–H and O–H groups in total. The van der Waals surface area contributed by atoms with Crippen molar-refractivity contribution < 1.29 is 0 Å². The lowest BCUT2D eigenvalue weighted by Crippen LogP contribution is -1.92. The number of fused-ring (bicyclic) bond motifs is 10. The van der Waals surface area contributed by atoms with Crippen LogP contribution in [0.15, 0.2) is 212 Å². The lowest BCUT2D eigenvalue weighted by Gasteiger charge is -2.11. The normalized spacial score (nSPS) is 11.7. The lowest BCUT2D eigenvalue weighted by molar-refractivity contribution is 1.18. The Hall–Kier alpha value is -7.88. The van der Waals surface area contributed by atoms with Gasteiger partial charge in [-0.3, -0.25) is 4.98 Å². The topological polar surface area (TPSA) is 30.7 Å². The van der Waals surface area contributed by atoms with Crippen molar-refractivity contribution in [1.29, 1.82) is 0 Å². The van der Waals surface area contributed by atoms with Crippen LogP contribution in [0.4, 0.5) is 0 Å². The molecule has 10 aromatic carbocycles. The SMILES string of the molecule is c1ccc(-n2c3ccccc3c3cc(-c4ccc(-c5ccc6cc(-c7cccc(-c8cnc9c%10ccccc%10c%10ccccc%10c9n8)c7)ccc6c5)cc4)ccc32)cc1. The Morgan fingerprint density at radius 3 is 1.53 bits per heavy atom. The summed E-state index contributed by atoms with van der Waals surface area (Å²) in [7, 11) is 0. The molecule has 59 heavy (non-hydrogen) atoms. The van der Waals surface area contributed by atoms with Crippen LogP contribution in [-0.2, 0) is 0 Å². The molecule has 0 aliphatic rings. The summed E-state index contributed by atoms with van der Waals surface area (Å²) in [4.78, 5) is 10.2. The fourth-order valence-corrected chi connectivity index (χ4v) is 9.09. The van der Waals surface area contributed by atoms with Crippen LogP contribution in [0.5, 0.6) is 0 Å². The van der Waals surface area contributed by atoms with Crippen LogP contribution >= 0.6 is 0 Å². The third-order valence-corrected chi connectivity index (χ3v) is 12.0. The molecule has 0 fully saturated rings. The Labute approximate surface area is 341 Å². The standard InChI is InChI=1S/C56H35N3/c1-2-13-45(14-3-1)59-53-20-9-8-17-48(53)51-34-43(29-30-54(51)59)37-23-21-36(22-24-37)39-25-26-42-32-40(27-28-41(42)31-39)38-11-10-12-44(33-38)52-35-57-55-49-18-6-4-15-46(49)47-16-5-7-19-50(47)56(55)58-52/h1-35H. The average Bonchev–Trinajstić information content (AvgIpc) is 3.65. The van der Waals surface area contributed by atoms with Crippen LogP contribution in [0.1, 0.15) is 0 Å². The van der Waals surface area contributed by atoms with Gasteiger partial charge >= 0.3 is 0 Å². The van der Waals surface area contributed by atoms with Gasteiger partial charge in [0, 0.05) is 32.8 Å². The third-order valence-electron chi connectivity index (χ3n) is 12.0. The van der Waals surface area contributed by atoms with Crippen LogP contribution < -0.4 is 0 Å². The van der Waals surface area contributed by atoms with Crippen molar-refractivity contribution in [3.05, 3.63) is 212 Å². The average molecular weight is 750 g/mol. The van der Waals surface area contributed by atoms with Crippen LogP contribution in [0, 0.1) is 0 Å². The fourth-order valence-electron chi connectivity index (χ4n) is 9.09. The molecule has 0 aliphatic heterocycles. The van der Waals surface area contributed by atoms with Crippen molar-refractivity contribution in [1.82, 2.24) is 14.5 Å². The molecule has 274 valence electrons. The first-order chi connectivity index (χ1) is 29.2. The van der Waals surface area contributed by atoms with Gasteiger partial charge in [-0.2, -0.15) is 0 Å². The summed E-state index contributed by atoms with van der Waals surface area (Å²) in [5.41, 5.74) is 14.5. The highest BCUT2D eigenvalue weighted by molar-refractivity contribution is 6.23. The summed E-state index contributed by atoms with van der Waals surface area (Å²) in [6, 6.07) is 74.3. The molecule has 0 atom stereocenters. The zero-order valence-corrected chi connectivity index (χ0v) is 32.0. The molecular formula is C56H35N3. The van der Waals surface area contributed by atoms with Crippen molar-refractivity contribution in [2.45, 2.75) is 0 Å². The number of hydrogen-bond acceptors (Lipinski definition) is 2. The Balaban J connectivity index is 0.842. The van der Waals surface area contributed by atoms with E-state index in [4.69, 9.17) is 9.97 Å². The quantitative estimate of drug-likeness (QED) is 0.164. The lowest BCUT2D eigenvalue weighted by atomic mass is 9.95. The highest BCUT2D eigenvalue weighted by Crippen LogP contribution is 2.38. The summed E-state index contributed by atoms with van der Waals surface area (Å²) in [5, 5.41) is 9.60. The molecule has 0 spiro atoms. The zero-order chi connectivity index (χ0) is 38.9. The predicted octanol–water partition coefficient (Wildman–Crippen LogP) is 14.9. The highest BCUT2D eigenvalue weighted by Gasteiger charge is 2.15. The summed E-state index contributed by atoms with van der Waals surface area (Å²) in [5.74, 6) is 0. The zero-order valence-electron chi connectivity index (χ0n) is 32.0. The van der Waals surface area contributed by atoms with E-state index in [1.807, 2.05) is 6.20 Å². The first-order valence-electron chi connectivity index (χ1n) is 20.1. The minimum absolute atomic E-state index is 0.868. The maximum Gasteiger partial charge on any atom is 0.0979 e. The second-order valence-corrected chi connectivity index (χ2v) is 15.4. The maximum absolute atomic E-state index is 5.24. The van der Waals surface area contributed by atoms with E-state index in [1.54, 1.807) is 0 Å². The van der Waals surface area contributed by atoms with E-state index in [1.165, 1.54) is 76.9 Å². The fraction of sp³-hybridized carbons (Fsp3) is 0. The first-order valence-corrected chi connectivity index (χ1v) is 20.1. The van der Waals surface area contributed by atoms with Gasteiger partial charge in [0.2, 0.25) is 0 Å². The summed E-state index contributed by atoms with van der Waals surface area (Å²) < 4.78 is 2.36. The van der Waals surface area contributed by atoms with Crippen molar-refractivity contribution in [2.75, 3.05) is 0 Å². The minimum atomic E-state index is 0.868. The molecule has 0 aliphatic carbocycles. The van der Waals surface area contributed by atoms with Gasteiger partial charge < -0.3 is 4.57 Å². The number of nitrogens with zero attached hydrogens (tertiary/aromatic N) is 3. The molecule has 0 unspecified atom stereocenters. The van der Waals surface area contributed by atoms with Crippen LogP contribution in [0.25, 0.3) is 115 Å². The Morgan fingerprint density at radius 2 is 0.814 bits per heavy atom. The molecule has 0 radical (unpaired) electrons.